The summed E-state index contributed by atoms with van der Waals surface area (Å²) in [6.45, 7) is 7.47. The number of carboxylic acids is 1. The summed E-state index contributed by atoms with van der Waals surface area (Å²) in [4.78, 5) is 34.9. The molecule has 156 valence electrons. The van der Waals surface area contributed by atoms with Gasteiger partial charge in [-0.15, -0.1) is 0 Å². The van der Waals surface area contributed by atoms with Gasteiger partial charge in [0.15, 0.2) is 0 Å². The van der Waals surface area contributed by atoms with Crippen LogP contribution in [-0.2, 0) is 14.4 Å². The molecule has 0 bridgehead atoms. The Labute approximate surface area is 155 Å². The lowest BCUT2D eigenvalue weighted by Gasteiger charge is -2.50. The first kappa shape index (κ1) is 23.2. The zero-order valence-corrected chi connectivity index (χ0v) is 15.5. The third-order valence-electron chi connectivity index (χ3n) is 4.34. The van der Waals surface area contributed by atoms with Crippen LogP contribution < -0.4 is 10.6 Å². The Balaban J connectivity index is 0.000000445. The third-order valence-corrected chi connectivity index (χ3v) is 4.34. The molecule has 2 saturated heterocycles. The number of carboxylic acid groups (broad SMARTS) is 1. The number of rotatable bonds is 5. The maximum absolute atomic E-state index is 12.3. The molecule has 2 aliphatic rings. The van der Waals surface area contributed by atoms with Crippen LogP contribution >= 0.6 is 0 Å². The van der Waals surface area contributed by atoms with Crippen molar-refractivity contribution in [2.24, 2.45) is 5.92 Å². The van der Waals surface area contributed by atoms with E-state index < -0.39 is 29.8 Å². The van der Waals surface area contributed by atoms with E-state index in [9.17, 15) is 27.9 Å². The minimum absolute atomic E-state index is 0.0550. The highest BCUT2D eigenvalue weighted by Gasteiger charge is 2.57. The normalized spacial score (nSPS) is 24.1. The number of aliphatic hydroxyl groups excluding tert-OH is 1. The monoisotopic (exact) mass is 397 g/mol. The topological polar surface area (TPSA) is 119 Å². The number of alkyl halides is 3. The highest BCUT2D eigenvalue weighted by molar-refractivity contribution is 5.97. The van der Waals surface area contributed by atoms with Crippen molar-refractivity contribution in [3.8, 4) is 0 Å². The van der Waals surface area contributed by atoms with Gasteiger partial charge in [0.1, 0.15) is 11.6 Å². The highest BCUT2D eigenvalue weighted by atomic mass is 19.4. The van der Waals surface area contributed by atoms with Gasteiger partial charge in [-0.2, -0.15) is 13.2 Å². The molecule has 3 atom stereocenters. The van der Waals surface area contributed by atoms with Crippen molar-refractivity contribution in [3.63, 3.8) is 0 Å². The molecule has 11 heteroatoms. The Kier molecular flexibility index (Phi) is 7.61. The van der Waals surface area contributed by atoms with Gasteiger partial charge in [-0.3, -0.25) is 9.59 Å². The summed E-state index contributed by atoms with van der Waals surface area (Å²) in [7, 11) is 0. The summed E-state index contributed by atoms with van der Waals surface area (Å²) < 4.78 is 31.7. The zero-order valence-electron chi connectivity index (χ0n) is 15.5. The number of carbonyl (C=O) groups is 3. The second-order valence-corrected chi connectivity index (χ2v) is 7.17. The van der Waals surface area contributed by atoms with Crippen LogP contribution in [0.3, 0.4) is 0 Å². The molecular weight excluding hydrogens is 371 g/mol. The maximum atomic E-state index is 12.3. The van der Waals surface area contributed by atoms with Gasteiger partial charge in [0, 0.05) is 13.1 Å². The maximum Gasteiger partial charge on any atom is 0.490 e. The van der Waals surface area contributed by atoms with Crippen LogP contribution in [-0.4, -0.2) is 76.4 Å². The molecule has 1 unspecified atom stereocenters. The Morgan fingerprint density at radius 1 is 1.33 bits per heavy atom. The lowest BCUT2D eigenvalue weighted by Crippen LogP contribution is -2.76. The molecule has 0 saturated carbocycles. The Morgan fingerprint density at radius 3 is 2.22 bits per heavy atom. The van der Waals surface area contributed by atoms with Crippen molar-refractivity contribution in [1.29, 1.82) is 0 Å². The van der Waals surface area contributed by atoms with Crippen LogP contribution in [0, 0.1) is 5.92 Å². The first-order valence-corrected chi connectivity index (χ1v) is 8.64. The standard InChI is InChI=1S/C14H25N3O3.C2HF3O2/c1-9(2)7-15-12(19)11(10(3)18)17-8-14(13(17)20)5-4-6-16-14;3-2(4,5)1(6)7/h9-11,16,18H,4-8H2,1-3H3,(H,15,19);(H,6,7)/t10-,11+,14?;/m1./s1. The van der Waals surface area contributed by atoms with Crippen molar-refractivity contribution in [1.82, 2.24) is 15.5 Å². The molecular formula is C16H26F3N3O5. The van der Waals surface area contributed by atoms with Crippen molar-refractivity contribution >= 4 is 17.8 Å². The van der Waals surface area contributed by atoms with Crippen molar-refractivity contribution in [2.75, 3.05) is 19.6 Å². The molecule has 0 aromatic carbocycles. The Morgan fingerprint density at radius 2 is 1.89 bits per heavy atom. The van der Waals surface area contributed by atoms with E-state index in [-0.39, 0.29) is 11.8 Å². The van der Waals surface area contributed by atoms with Crippen LogP contribution in [0.1, 0.15) is 33.6 Å². The van der Waals surface area contributed by atoms with E-state index in [2.05, 4.69) is 10.6 Å². The number of hydrogen-bond acceptors (Lipinski definition) is 5. The zero-order chi connectivity index (χ0) is 21.0. The molecule has 0 radical (unpaired) electrons. The number of halogens is 3. The van der Waals surface area contributed by atoms with E-state index >= 15 is 0 Å². The van der Waals surface area contributed by atoms with E-state index in [1.54, 1.807) is 6.92 Å². The first-order valence-electron chi connectivity index (χ1n) is 8.64. The Hall–Kier alpha value is -1.88. The minimum atomic E-state index is -5.08. The van der Waals surface area contributed by atoms with Gasteiger partial charge in [0.05, 0.1) is 6.10 Å². The number of hydrogen-bond donors (Lipinski definition) is 4. The molecule has 0 aromatic heterocycles. The minimum Gasteiger partial charge on any atom is -0.475 e. The first-order chi connectivity index (χ1) is 12.3. The number of nitrogens with zero attached hydrogens (tertiary/aromatic N) is 1. The summed E-state index contributed by atoms with van der Waals surface area (Å²) >= 11 is 0. The van der Waals surface area contributed by atoms with Crippen LogP contribution in [0.25, 0.3) is 0 Å². The molecule has 8 nitrogen and oxygen atoms in total. The fraction of sp³-hybridized carbons (Fsp3) is 0.812. The molecule has 2 aliphatic heterocycles. The third kappa shape index (κ3) is 5.80. The van der Waals surface area contributed by atoms with Crippen LogP contribution in [0.15, 0.2) is 0 Å². The quantitative estimate of drug-likeness (QED) is 0.489. The van der Waals surface area contributed by atoms with Crippen molar-refractivity contribution in [3.05, 3.63) is 0 Å². The van der Waals surface area contributed by atoms with Gasteiger partial charge in [0.2, 0.25) is 11.8 Å². The molecule has 27 heavy (non-hydrogen) atoms. The van der Waals surface area contributed by atoms with Crippen LogP contribution in [0.5, 0.6) is 0 Å². The van der Waals surface area contributed by atoms with Crippen molar-refractivity contribution in [2.45, 2.75) is 57.5 Å². The average molecular weight is 397 g/mol. The number of nitrogens with one attached hydrogen (secondary N) is 2. The molecule has 2 heterocycles. The molecule has 1 spiro atoms. The van der Waals surface area contributed by atoms with Gasteiger partial charge in [-0.25, -0.2) is 4.79 Å². The predicted molar refractivity (Wildman–Crippen MR) is 88.7 cm³/mol. The number of likely N-dealkylation sites (tertiary alicyclic amines) is 1. The van der Waals surface area contributed by atoms with Crippen LogP contribution in [0.4, 0.5) is 13.2 Å². The largest absolute Gasteiger partial charge is 0.490 e. The number of β-lactam (4-membered cyclic amide) rings is 1. The number of aliphatic hydroxyl groups is 1. The van der Waals surface area contributed by atoms with E-state index in [1.165, 1.54) is 4.90 Å². The van der Waals surface area contributed by atoms with Gasteiger partial charge in [-0.1, -0.05) is 13.8 Å². The van der Waals surface area contributed by atoms with E-state index in [1.807, 2.05) is 13.8 Å². The Bertz CT molecular complexity index is 560. The molecule has 0 aromatic rings. The highest BCUT2D eigenvalue weighted by Crippen LogP contribution is 2.33. The second-order valence-electron chi connectivity index (χ2n) is 7.17. The molecule has 0 aliphatic carbocycles. The summed E-state index contributed by atoms with van der Waals surface area (Å²) in [5, 5.41) is 23.0. The lowest BCUT2D eigenvalue weighted by molar-refractivity contribution is -0.192. The van der Waals surface area contributed by atoms with Gasteiger partial charge in [-0.05, 0) is 32.2 Å². The van der Waals surface area contributed by atoms with Gasteiger partial charge >= 0.3 is 12.1 Å². The van der Waals surface area contributed by atoms with Gasteiger partial charge in [0.25, 0.3) is 0 Å². The van der Waals surface area contributed by atoms with Crippen LogP contribution in [0.2, 0.25) is 0 Å². The molecule has 2 amide bonds. The SMILES string of the molecule is CC(C)CNC(=O)[C@H]([C@@H](C)O)N1CC2(CCCN2)C1=O.O=C(O)C(F)(F)F. The number of amides is 2. The van der Waals surface area contributed by atoms with Crippen molar-refractivity contribution < 1.29 is 37.8 Å². The molecule has 4 N–H and O–H groups in total. The fourth-order valence-electron chi connectivity index (χ4n) is 2.99. The van der Waals surface area contributed by atoms with E-state index in [0.717, 1.165) is 19.4 Å². The number of aliphatic carboxylic acids is 1. The second kappa shape index (κ2) is 8.87. The van der Waals surface area contributed by atoms with Gasteiger partial charge < -0.3 is 25.7 Å². The van der Waals surface area contributed by atoms with E-state index in [0.29, 0.717) is 19.0 Å². The van der Waals surface area contributed by atoms with E-state index in [4.69, 9.17) is 9.90 Å². The average Bonchev–Trinajstić information content (AvgIpc) is 3.03. The smallest absolute Gasteiger partial charge is 0.475 e. The number of carbonyl (C=O) groups excluding carboxylic acids is 2. The molecule has 2 fully saturated rings. The summed E-state index contributed by atoms with van der Waals surface area (Å²) in [6, 6.07) is -0.783. The summed E-state index contributed by atoms with van der Waals surface area (Å²) in [5.41, 5.74) is -0.467. The predicted octanol–water partition coefficient (Wildman–Crippen LogP) is 0.106. The lowest BCUT2D eigenvalue weighted by atomic mass is 9.84. The summed E-state index contributed by atoms with van der Waals surface area (Å²) in [6.07, 6.45) is -4.15. The molecule has 2 rings (SSSR count). The summed E-state index contributed by atoms with van der Waals surface area (Å²) in [5.74, 6) is -2.74. The fourth-order valence-corrected chi connectivity index (χ4v) is 2.99.